The Balaban J connectivity index is 1.42. The molecule has 2 aromatic rings. The van der Waals surface area contributed by atoms with Crippen molar-refractivity contribution in [2.45, 2.75) is 38.9 Å². The van der Waals surface area contributed by atoms with Crippen molar-refractivity contribution in [1.82, 2.24) is 14.8 Å². The molecule has 0 radical (unpaired) electrons. The minimum atomic E-state index is -0.819. The summed E-state index contributed by atoms with van der Waals surface area (Å²) in [4.78, 5) is 77.2. The molecule has 0 unspecified atom stereocenters. The maximum absolute atomic E-state index is 12.2. The van der Waals surface area contributed by atoms with E-state index in [1.165, 1.54) is 0 Å². The van der Waals surface area contributed by atoms with Crippen molar-refractivity contribution in [2.24, 2.45) is 0 Å². The predicted molar refractivity (Wildman–Crippen MR) is 113 cm³/mol. The third-order valence-electron chi connectivity index (χ3n) is 5.42. The molecule has 4 rings (SSSR count). The Morgan fingerprint density at radius 3 is 1.77 bits per heavy atom. The van der Waals surface area contributed by atoms with E-state index in [0.717, 1.165) is 9.80 Å². The molecular formula is C23H21N3O9. The zero-order valence-electron chi connectivity index (χ0n) is 18.6. The number of imide groups is 2. The van der Waals surface area contributed by atoms with Gasteiger partial charge in [0.15, 0.2) is 12.4 Å². The second kappa shape index (κ2) is 10.3. The van der Waals surface area contributed by atoms with Crippen LogP contribution in [0.5, 0.6) is 0 Å². The Morgan fingerprint density at radius 2 is 1.26 bits per heavy atom. The second-order valence-corrected chi connectivity index (χ2v) is 7.82. The van der Waals surface area contributed by atoms with Crippen LogP contribution in [0.15, 0.2) is 34.7 Å². The number of rotatable bonds is 9. The number of hydrogen-bond donors (Lipinski definition) is 0. The number of esters is 2. The lowest BCUT2D eigenvalue weighted by Gasteiger charge is -2.13. The molecule has 2 aliphatic rings. The largest absolute Gasteiger partial charge is 0.458 e. The van der Waals surface area contributed by atoms with Crippen molar-refractivity contribution in [3.63, 3.8) is 0 Å². The summed E-state index contributed by atoms with van der Waals surface area (Å²) in [6.07, 6.45) is 0.220. The van der Waals surface area contributed by atoms with Gasteiger partial charge in [0, 0.05) is 31.2 Å². The van der Waals surface area contributed by atoms with Gasteiger partial charge in [0.25, 0.3) is 0 Å². The molecule has 12 nitrogen and oxygen atoms in total. The van der Waals surface area contributed by atoms with E-state index in [4.69, 9.17) is 13.9 Å². The monoisotopic (exact) mass is 483 g/mol. The van der Waals surface area contributed by atoms with Crippen molar-refractivity contribution in [2.75, 3.05) is 13.1 Å². The molecule has 4 amide bonds. The maximum atomic E-state index is 12.2. The minimum Gasteiger partial charge on any atom is -0.458 e. The van der Waals surface area contributed by atoms with E-state index >= 15 is 0 Å². The SMILES string of the molecule is O=C(CN1C(=O)CCC1=O)OCc1nc(-c2ccccc2)oc1COC(=O)CN1C(=O)CCC1=O. The van der Waals surface area contributed by atoms with Crippen LogP contribution in [0.4, 0.5) is 0 Å². The van der Waals surface area contributed by atoms with Crippen molar-refractivity contribution in [3.8, 4) is 11.5 Å². The summed E-state index contributed by atoms with van der Waals surface area (Å²) in [7, 11) is 0. The van der Waals surface area contributed by atoms with Gasteiger partial charge in [-0.3, -0.25) is 38.6 Å². The summed E-state index contributed by atoms with van der Waals surface area (Å²) in [6.45, 7) is -1.77. The number of benzene rings is 1. The van der Waals surface area contributed by atoms with Gasteiger partial charge < -0.3 is 13.9 Å². The molecule has 0 saturated carbocycles. The minimum absolute atomic E-state index is 0.0544. The van der Waals surface area contributed by atoms with Gasteiger partial charge in [0.1, 0.15) is 25.4 Å². The summed E-state index contributed by atoms with van der Waals surface area (Å²) < 4.78 is 16.1. The van der Waals surface area contributed by atoms with Gasteiger partial charge in [-0.2, -0.15) is 0 Å². The van der Waals surface area contributed by atoms with Crippen LogP contribution >= 0.6 is 0 Å². The first-order valence-corrected chi connectivity index (χ1v) is 10.8. The third-order valence-corrected chi connectivity index (χ3v) is 5.42. The zero-order chi connectivity index (χ0) is 24.9. The Bertz CT molecular complexity index is 1080. The molecule has 0 N–H and O–H groups in total. The third kappa shape index (κ3) is 5.60. The summed E-state index contributed by atoms with van der Waals surface area (Å²) >= 11 is 0. The first kappa shape index (κ1) is 23.8. The van der Waals surface area contributed by atoms with Gasteiger partial charge in [0.05, 0.1) is 0 Å². The summed E-state index contributed by atoms with van der Waals surface area (Å²) in [5, 5.41) is 0. The Morgan fingerprint density at radius 1 is 0.771 bits per heavy atom. The highest BCUT2D eigenvalue weighted by Crippen LogP contribution is 2.23. The standard InChI is InChI=1S/C23H21N3O9/c27-17-6-7-18(28)25(17)10-21(31)33-12-15-16(35-23(24-15)14-4-2-1-3-5-14)13-34-22(32)11-26-19(29)8-9-20(26)30/h1-5H,6-13H2. The lowest BCUT2D eigenvalue weighted by atomic mass is 10.2. The molecule has 1 aromatic carbocycles. The second-order valence-electron chi connectivity index (χ2n) is 7.82. The van der Waals surface area contributed by atoms with Crippen molar-refractivity contribution < 1.29 is 42.7 Å². The van der Waals surface area contributed by atoms with Crippen LogP contribution in [0.1, 0.15) is 37.1 Å². The number of likely N-dealkylation sites (tertiary alicyclic amines) is 2. The maximum Gasteiger partial charge on any atom is 0.326 e. The number of amides is 4. The number of ether oxygens (including phenoxy) is 2. The number of aromatic nitrogens is 1. The van der Waals surface area contributed by atoms with E-state index in [9.17, 15) is 28.8 Å². The van der Waals surface area contributed by atoms with Gasteiger partial charge in [-0.25, -0.2) is 4.98 Å². The fraction of sp³-hybridized carbons (Fsp3) is 0.348. The fourth-order valence-corrected chi connectivity index (χ4v) is 3.56. The molecule has 1 aromatic heterocycles. The first-order valence-electron chi connectivity index (χ1n) is 10.8. The molecule has 0 spiro atoms. The summed E-state index contributed by atoms with van der Waals surface area (Å²) in [5.41, 5.74) is 0.788. The number of carbonyl (C=O) groups is 6. The van der Waals surface area contributed by atoms with E-state index in [2.05, 4.69) is 4.98 Å². The number of hydrogen-bond acceptors (Lipinski definition) is 10. The topological polar surface area (TPSA) is 153 Å². The number of oxazole rings is 1. The van der Waals surface area contributed by atoms with E-state index in [0.29, 0.717) is 5.56 Å². The molecule has 2 saturated heterocycles. The van der Waals surface area contributed by atoms with Gasteiger partial charge in [-0.15, -0.1) is 0 Å². The highest BCUT2D eigenvalue weighted by molar-refractivity contribution is 6.04. The van der Waals surface area contributed by atoms with Crippen LogP contribution in [0.2, 0.25) is 0 Å². The van der Waals surface area contributed by atoms with Crippen LogP contribution < -0.4 is 0 Å². The summed E-state index contributed by atoms with van der Waals surface area (Å²) in [6, 6.07) is 8.83. The van der Waals surface area contributed by atoms with Crippen LogP contribution in [0, 0.1) is 0 Å². The van der Waals surface area contributed by atoms with Crippen LogP contribution in [0.25, 0.3) is 11.5 Å². The Kier molecular flexibility index (Phi) is 6.99. The predicted octanol–water partition coefficient (Wildman–Crippen LogP) is 0.726. The highest BCUT2D eigenvalue weighted by Gasteiger charge is 2.32. The van der Waals surface area contributed by atoms with E-state index in [1.807, 2.05) is 0 Å². The van der Waals surface area contributed by atoms with E-state index in [1.54, 1.807) is 30.3 Å². The summed E-state index contributed by atoms with van der Waals surface area (Å²) in [5.74, 6) is -3.12. The average molecular weight is 483 g/mol. The zero-order valence-corrected chi connectivity index (χ0v) is 18.6. The first-order chi connectivity index (χ1) is 16.8. The molecule has 0 atom stereocenters. The van der Waals surface area contributed by atoms with Crippen LogP contribution in [0.3, 0.4) is 0 Å². The molecular weight excluding hydrogens is 462 g/mol. The smallest absolute Gasteiger partial charge is 0.326 e. The molecule has 182 valence electrons. The fourth-order valence-electron chi connectivity index (χ4n) is 3.56. The molecule has 35 heavy (non-hydrogen) atoms. The van der Waals surface area contributed by atoms with Crippen molar-refractivity contribution in [1.29, 1.82) is 0 Å². The van der Waals surface area contributed by atoms with E-state index < -0.39 is 48.7 Å². The quantitative estimate of drug-likeness (QED) is 0.368. The molecule has 12 heteroatoms. The average Bonchev–Trinajstić information content (AvgIpc) is 3.51. The Labute approximate surface area is 198 Å². The number of nitrogens with zero attached hydrogens (tertiary/aromatic N) is 3. The molecule has 2 fully saturated rings. The van der Waals surface area contributed by atoms with Crippen LogP contribution in [-0.4, -0.2) is 63.4 Å². The molecule has 0 bridgehead atoms. The molecule has 0 aliphatic carbocycles. The van der Waals surface area contributed by atoms with Crippen LogP contribution in [-0.2, 0) is 51.5 Å². The highest BCUT2D eigenvalue weighted by atomic mass is 16.5. The van der Waals surface area contributed by atoms with Gasteiger partial charge in [-0.05, 0) is 12.1 Å². The van der Waals surface area contributed by atoms with Crippen molar-refractivity contribution >= 4 is 35.6 Å². The van der Waals surface area contributed by atoms with Gasteiger partial charge in [0.2, 0.25) is 29.5 Å². The molecule has 3 heterocycles. The molecule has 2 aliphatic heterocycles. The van der Waals surface area contributed by atoms with E-state index in [-0.39, 0.29) is 56.2 Å². The Hall–Kier alpha value is -4.35. The lowest BCUT2D eigenvalue weighted by Crippen LogP contribution is -2.35. The lowest BCUT2D eigenvalue weighted by molar-refractivity contribution is -0.154. The number of carbonyl (C=O) groups excluding carboxylic acids is 6. The van der Waals surface area contributed by atoms with Crippen molar-refractivity contribution in [3.05, 3.63) is 41.8 Å². The normalized spacial score (nSPS) is 15.8. The van der Waals surface area contributed by atoms with Gasteiger partial charge in [-0.1, -0.05) is 18.2 Å². The van der Waals surface area contributed by atoms with Gasteiger partial charge >= 0.3 is 11.9 Å².